The smallest absolute Gasteiger partial charge is 0.227 e. The van der Waals surface area contributed by atoms with E-state index in [0.29, 0.717) is 22.5 Å². The lowest BCUT2D eigenvalue weighted by Gasteiger charge is -2.09. The van der Waals surface area contributed by atoms with Crippen molar-refractivity contribution >= 4 is 35.6 Å². The van der Waals surface area contributed by atoms with Crippen LogP contribution in [-0.4, -0.2) is 37.5 Å². The Labute approximate surface area is 162 Å². The van der Waals surface area contributed by atoms with Crippen molar-refractivity contribution in [2.45, 2.75) is 12.8 Å². The van der Waals surface area contributed by atoms with E-state index >= 15 is 0 Å². The number of carbonyl (C=O) groups excluding carboxylic acids is 2. The number of hydrogen-bond donors (Lipinski definition) is 2. The molecule has 0 unspecified atom stereocenters. The molecule has 0 aliphatic carbocycles. The summed E-state index contributed by atoms with van der Waals surface area (Å²) in [6.07, 6.45) is 3.26. The molecule has 28 heavy (non-hydrogen) atoms. The van der Waals surface area contributed by atoms with Crippen LogP contribution in [0, 0.1) is 0 Å². The Balaban J connectivity index is 1.75. The second-order valence-electron chi connectivity index (χ2n) is 5.91. The maximum absolute atomic E-state index is 12.1. The summed E-state index contributed by atoms with van der Waals surface area (Å²) in [6, 6.07) is 14.4. The molecular formula is C20H20N4O4. The fraction of sp³-hybridized carbons (Fsp3) is 0.200. The third kappa shape index (κ3) is 5.66. The van der Waals surface area contributed by atoms with Gasteiger partial charge in [-0.3, -0.25) is 9.59 Å². The van der Waals surface area contributed by atoms with Crippen LogP contribution >= 0.6 is 0 Å². The Hall–Kier alpha value is -3.68. The van der Waals surface area contributed by atoms with E-state index in [-0.39, 0.29) is 37.9 Å². The summed E-state index contributed by atoms with van der Waals surface area (Å²) in [4.78, 5) is 34.6. The van der Waals surface area contributed by atoms with Crippen LogP contribution in [0.3, 0.4) is 0 Å². The molecule has 0 atom stereocenters. The lowest BCUT2D eigenvalue weighted by molar-refractivity contribution is -0.118. The number of nitrogens with zero attached hydrogens (tertiary/aromatic N) is 2. The molecule has 2 aromatic carbocycles. The molecule has 2 N–H and O–H groups in total. The van der Waals surface area contributed by atoms with Crippen LogP contribution in [0.1, 0.15) is 24.0 Å². The minimum absolute atomic E-state index is 0.121. The predicted molar refractivity (Wildman–Crippen MR) is 106 cm³/mol. The number of carbonyl (C=O) groups is 2. The average Bonchev–Trinajstić information content (AvgIpc) is 2.69. The van der Waals surface area contributed by atoms with Gasteiger partial charge in [-0.1, -0.05) is 46.7 Å². The van der Waals surface area contributed by atoms with Gasteiger partial charge in [0.05, 0.1) is 25.3 Å². The second kappa shape index (κ2) is 9.86. The first-order chi connectivity index (χ1) is 13.7. The van der Waals surface area contributed by atoms with Gasteiger partial charge in [0.1, 0.15) is 13.2 Å². The third-order valence-corrected chi connectivity index (χ3v) is 3.84. The number of nitrogens with one attached hydrogen (secondary N) is 2. The van der Waals surface area contributed by atoms with Gasteiger partial charge in [-0.15, -0.1) is 0 Å². The summed E-state index contributed by atoms with van der Waals surface area (Å²) in [5.74, 6) is -0.406. The minimum atomic E-state index is -0.203. The van der Waals surface area contributed by atoms with Crippen LogP contribution in [0.15, 0.2) is 58.8 Å². The Morgan fingerprint density at radius 2 is 1.11 bits per heavy atom. The monoisotopic (exact) mass is 380 g/mol. The molecule has 0 bridgehead atoms. The Kier molecular flexibility index (Phi) is 6.73. The SMILES string of the molecule is O=C1CCO/N=C\c2ccccc2NC(=O)CCO/N=C\c2ccccc2N1. The largest absolute Gasteiger partial charge is 0.395 e. The number of amides is 2. The summed E-state index contributed by atoms with van der Waals surface area (Å²) in [5, 5.41) is 13.4. The molecule has 0 fully saturated rings. The number of benzene rings is 2. The van der Waals surface area contributed by atoms with Crippen molar-refractivity contribution in [1.82, 2.24) is 0 Å². The highest BCUT2D eigenvalue weighted by Gasteiger charge is 2.08. The molecule has 1 heterocycles. The third-order valence-electron chi connectivity index (χ3n) is 3.84. The van der Waals surface area contributed by atoms with E-state index in [9.17, 15) is 9.59 Å². The summed E-state index contributed by atoms with van der Waals surface area (Å²) >= 11 is 0. The van der Waals surface area contributed by atoms with E-state index in [1.165, 1.54) is 12.4 Å². The number of anilines is 2. The van der Waals surface area contributed by atoms with Crippen molar-refractivity contribution < 1.29 is 19.3 Å². The zero-order valence-electron chi connectivity index (χ0n) is 15.1. The van der Waals surface area contributed by atoms with E-state index in [2.05, 4.69) is 20.9 Å². The molecule has 1 aliphatic heterocycles. The number of fused-ring (bicyclic) bond motifs is 2. The number of para-hydroxylation sites is 2. The molecule has 8 nitrogen and oxygen atoms in total. The van der Waals surface area contributed by atoms with Crippen molar-refractivity contribution in [3.63, 3.8) is 0 Å². The van der Waals surface area contributed by atoms with Crippen molar-refractivity contribution in [2.24, 2.45) is 10.3 Å². The summed E-state index contributed by atoms with van der Waals surface area (Å²) in [7, 11) is 0. The van der Waals surface area contributed by atoms with E-state index in [1.807, 2.05) is 24.3 Å². The Morgan fingerprint density at radius 3 is 1.57 bits per heavy atom. The topological polar surface area (TPSA) is 101 Å². The van der Waals surface area contributed by atoms with Gasteiger partial charge in [0.25, 0.3) is 0 Å². The maximum Gasteiger partial charge on any atom is 0.227 e. The van der Waals surface area contributed by atoms with Gasteiger partial charge in [0, 0.05) is 22.5 Å². The number of hydrogen-bond acceptors (Lipinski definition) is 6. The van der Waals surface area contributed by atoms with Gasteiger partial charge >= 0.3 is 0 Å². The molecule has 2 amide bonds. The second-order valence-corrected chi connectivity index (χ2v) is 5.91. The van der Waals surface area contributed by atoms with Crippen molar-refractivity contribution in [3.8, 4) is 0 Å². The first-order valence-electron chi connectivity index (χ1n) is 8.81. The van der Waals surface area contributed by atoms with Gasteiger partial charge < -0.3 is 20.3 Å². The highest BCUT2D eigenvalue weighted by molar-refractivity contribution is 5.98. The molecule has 0 saturated carbocycles. The standard InChI is InChI=1S/C20H20N4O4/c25-19-9-12-28-22-14-16-6-2-4-8-18(16)24-20(26)10-11-27-21-13-15-5-1-3-7-17(15)23-19/h1-8,13-14H,9-12H2,(H,23,25)(H,24,26)/b21-13-,22-14-. The van der Waals surface area contributed by atoms with E-state index < -0.39 is 0 Å². The van der Waals surface area contributed by atoms with E-state index in [1.54, 1.807) is 24.3 Å². The molecular weight excluding hydrogens is 360 g/mol. The Morgan fingerprint density at radius 1 is 0.679 bits per heavy atom. The van der Waals surface area contributed by atoms with Crippen LogP contribution in [0.25, 0.3) is 0 Å². The normalized spacial score (nSPS) is 17.9. The van der Waals surface area contributed by atoms with Gasteiger partial charge in [-0.05, 0) is 12.1 Å². The lowest BCUT2D eigenvalue weighted by Crippen LogP contribution is -2.15. The van der Waals surface area contributed by atoms with Gasteiger partial charge in [-0.2, -0.15) is 0 Å². The minimum Gasteiger partial charge on any atom is -0.395 e. The molecule has 3 rings (SSSR count). The zero-order valence-corrected chi connectivity index (χ0v) is 15.1. The first kappa shape index (κ1) is 19.1. The molecule has 0 aromatic heterocycles. The van der Waals surface area contributed by atoms with Crippen molar-refractivity contribution in [2.75, 3.05) is 23.8 Å². The summed E-state index contributed by atoms with van der Waals surface area (Å²) in [5.41, 5.74) is 2.59. The molecule has 2 aromatic rings. The Bertz CT molecular complexity index is 822. The van der Waals surface area contributed by atoms with E-state index in [0.717, 1.165) is 0 Å². The zero-order chi connectivity index (χ0) is 19.6. The molecule has 0 radical (unpaired) electrons. The first-order valence-corrected chi connectivity index (χ1v) is 8.81. The van der Waals surface area contributed by atoms with E-state index in [4.69, 9.17) is 9.68 Å². The summed E-state index contributed by atoms with van der Waals surface area (Å²) < 4.78 is 0. The molecule has 8 heteroatoms. The van der Waals surface area contributed by atoms with Crippen molar-refractivity contribution in [3.05, 3.63) is 59.7 Å². The number of oxime groups is 2. The fourth-order valence-corrected chi connectivity index (χ4v) is 2.44. The van der Waals surface area contributed by atoms with Crippen LogP contribution in [0.5, 0.6) is 0 Å². The van der Waals surface area contributed by atoms with Crippen LogP contribution in [0.2, 0.25) is 0 Å². The van der Waals surface area contributed by atoms with Gasteiger partial charge in [-0.25, -0.2) is 0 Å². The quantitative estimate of drug-likeness (QED) is 0.734. The van der Waals surface area contributed by atoms with Crippen LogP contribution < -0.4 is 10.6 Å². The number of rotatable bonds is 0. The molecule has 0 saturated heterocycles. The lowest BCUT2D eigenvalue weighted by atomic mass is 10.2. The highest BCUT2D eigenvalue weighted by Crippen LogP contribution is 2.15. The average molecular weight is 380 g/mol. The summed E-state index contributed by atoms with van der Waals surface area (Å²) in [6.45, 7) is 0.243. The molecule has 0 spiro atoms. The predicted octanol–water partition coefficient (Wildman–Crippen LogP) is 2.76. The van der Waals surface area contributed by atoms with Crippen molar-refractivity contribution in [1.29, 1.82) is 0 Å². The van der Waals surface area contributed by atoms with Gasteiger partial charge in [0.2, 0.25) is 11.8 Å². The van der Waals surface area contributed by atoms with Gasteiger partial charge in [0.15, 0.2) is 0 Å². The van der Waals surface area contributed by atoms with Crippen LogP contribution in [0.4, 0.5) is 11.4 Å². The van der Waals surface area contributed by atoms with Crippen LogP contribution in [-0.2, 0) is 19.3 Å². The molecule has 144 valence electrons. The molecule has 1 aliphatic rings. The fourth-order valence-electron chi connectivity index (χ4n) is 2.44. The maximum atomic E-state index is 12.1. The highest BCUT2D eigenvalue weighted by atomic mass is 16.6.